The molecule has 2 heterocycles. The molecule has 6 nitrogen and oxygen atoms in total. The lowest BCUT2D eigenvalue weighted by atomic mass is 9.94. The van der Waals surface area contributed by atoms with E-state index in [2.05, 4.69) is 27.8 Å². The van der Waals surface area contributed by atoms with Crippen LogP contribution in [0.4, 0.5) is 0 Å². The summed E-state index contributed by atoms with van der Waals surface area (Å²) in [6, 6.07) is 10.2. The van der Waals surface area contributed by atoms with E-state index in [1.807, 2.05) is 18.2 Å². The van der Waals surface area contributed by atoms with Crippen molar-refractivity contribution in [3.63, 3.8) is 0 Å². The van der Waals surface area contributed by atoms with Crippen molar-refractivity contribution >= 4 is 51.4 Å². The van der Waals surface area contributed by atoms with Crippen molar-refractivity contribution in [2.24, 2.45) is 4.99 Å². The van der Waals surface area contributed by atoms with Crippen LogP contribution in [0.1, 0.15) is 23.8 Å². The molecule has 3 N–H and O–H groups in total. The van der Waals surface area contributed by atoms with Gasteiger partial charge in [-0.1, -0.05) is 18.2 Å². The van der Waals surface area contributed by atoms with Crippen molar-refractivity contribution in [2.45, 2.75) is 24.5 Å². The second kappa shape index (κ2) is 10.6. The Morgan fingerprint density at radius 3 is 2.74 bits per heavy atom. The molecule has 1 atom stereocenters. The summed E-state index contributed by atoms with van der Waals surface area (Å²) < 4.78 is 12.3. The van der Waals surface area contributed by atoms with E-state index in [0.29, 0.717) is 32.3 Å². The molecule has 1 saturated heterocycles. The Bertz CT molecular complexity index is 714. The highest BCUT2D eigenvalue weighted by atomic mass is 127. The number of benzene rings is 1. The first-order valence-corrected chi connectivity index (χ1v) is 9.71. The standard InChI is InChI=1S/C19H27N3O3S.HI/c1-20-18(22-13-19(24-2)7-9-25-10-8-19)21-12-15(23)17-11-14-5-3-4-6-16(14)26-17;/h3-6,11,15,23H,7-10,12-13H2,1-2H3,(H2,20,21,22);1H. The van der Waals surface area contributed by atoms with Gasteiger partial charge >= 0.3 is 0 Å². The molecule has 3 rings (SSSR count). The number of methoxy groups -OCH3 is 1. The van der Waals surface area contributed by atoms with Gasteiger partial charge in [-0.15, -0.1) is 35.3 Å². The fourth-order valence-electron chi connectivity index (χ4n) is 3.12. The second-order valence-electron chi connectivity index (χ2n) is 6.51. The fraction of sp³-hybridized carbons (Fsp3) is 0.526. The molecule has 0 bridgehead atoms. The lowest BCUT2D eigenvalue weighted by molar-refractivity contribution is -0.0855. The van der Waals surface area contributed by atoms with E-state index in [0.717, 1.165) is 23.1 Å². The third-order valence-corrected chi connectivity index (χ3v) is 6.09. The minimum Gasteiger partial charge on any atom is -0.386 e. The van der Waals surface area contributed by atoms with Crippen molar-refractivity contribution in [1.29, 1.82) is 0 Å². The first kappa shape index (κ1) is 22.4. The van der Waals surface area contributed by atoms with Crippen LogP contribution in [0.2, 0.25) is 0 Å². The van der Waals surface area contributed by atoms with Crippen molar-refractivity contribution in [1.82, 2.24) is 10.6 Å². The molecule has 0 spiro atoms. The van der Waals surface area contributed by atoms with Gasteiger partial charge in [0.15, 0.2) is 5.96 Å². The number of ether oxygens (including phenoxy) is 2. The Morgan fingerprint density at radius 2 is 2.07 bits per heavy atom. The summed E-state index contributed by atoms with van der Waals surface area (Å²) in [7, 11) is 3.47. The van der Waals surface area contributed by atoms with E-state index >= 15 is 0 Å². The van der Waals surface area contributed by atoms with Gasteiger partial charge in [-0.2, -0.15) is 0 Å². The van der Waals surface area contributed by atoms with Crippen molar-refractivity contribution in [3.8, 4) is 0 Å². The number of rotatable bonds is 6. The summed E-state index contributed by atoms with van der Waals surface area (Å²) in [5.41, 5.74) is -0.222. The van der Waals surface area contributed by atoms with Gasteiger partial charge in [0.1, 0.15) is 6.10 Å². The first-order valence-electron chi connectivity index (χ1n) is 8.90. The highest BCUT2D eigenvalue weighted by molar-refractivity contribution is 14.0. The van der Waals surface area contributed by atoms with E-state index in [4.69, 9.17) is 9.47 Å². The van der Waals surface area contributed by atoms with Crippen LogP contribution in [-0.2, 0) is 9.47 Å². The maximum atomic E-state index is 10.5. The highest BCUT2D eigenvalue weighted by Gasteiger charge is 2.32. The lowest BCUT2D eigenvalue weighted by Gasteiger charge is -2.36. The predicted octanol–water partition coefficient (Wildman–Crippen LogP) is 2.91. The minimum atomic E-state index is -0.578. The zero-order valence-corrected chi connectivity index (χ0v) is 18.9. The monoisotopic (exact) mass is 505 g/mol. The number of fused-ring (bicyclic) bond motifs is 1. The number of halogens is 1. The van der Waals surface area contributed by atoms with E-state index in [-0.39, 0.29) is 29.6 Å². The fourth-order valence-corrected chi connectivity index (χ4v) is 4.17. The van der Waals surface area contributed by atoms with Gasteiger partial charge in [0.05, 0.1) is 5.60 Å². The number of aliphatic hydroxyl groups is 1. The number of hydrogen-bond donors (Lipinski definition) is 3. The van der Waals surface area contributed by atoms with E-state index in [9.17, 15) is 5.11 Å². The molecule has 1 aromatic carbocycles. The summed E-state index contributed by atoms with van der Waals surface area (Å²) >= 11 is 1.62. The molecule has 1 fully saturated rings. The molecule has 1 aromatic heterocycles. The molecule has 0 radical (unpaired) electrons. The van der Waals surface area contributed by atoms with Gasteiger partial charge in [0.2, 0.25) is 0 Å². The quantitative estimate of drug-likeness (QED) is 0.320. The molecule has 27 heavy (non-hydrogen) atoms. The molecule has 150 valence electrons. The average Bonchev–Trinajstić information content (AvgIpc) is 3.13. The van der Waals surface area contributed by atoms with Crippen molar-refractivity contribution in [2.75, 3.05) is 40.5 Å². The SMILES string of the molecule is CN=C(NCC(O)c1cc2ccccc2s1)NCC1(OC)CCOCC1.I. The van der Waals surface area contributed by atoms with Gasteiger partial charge < -0.3 is 25.2 Å². The zero-order valence-electron chi connectivity index (χ0n) is 15.7. The highest BCUT2D eigenvalue weighted by Crippen LogP contribution is 2.29. The lowest BCUT2D eigenvalue weighted by Crippen LogP contribution is -2.51. The van der Waals surface area contributed by atoms with Crippen molar-refractivity contribution < 1.29 is 14.6 Å². The largest absolute Gasteiger partial charge is 0.386 e. The van der Waals surface area contributed by atoms with Gasteiger partial charge in [-0.25, -0.2) is 0 Å². The molecule has 0 amide bonds. The van der Waals surface area contributed by atoms with Crippen LogP contribution in [0.25, 0.3) is 10.1 Å². The van der Waals surface area contributed by atoms with Gasteiger partial charge in [-0.05, 0) is 17.5 Å². The normalized spacial score (nSPS) is 18.0. The smallest absolute Gasteiger partial charge is 0.191 e. The number of aliphatic hydroxyl groups excluding tert-OH is 1. The molecule has 1 aliphatic rings. The van der Waals surface area contributed by atoms with Gasteiger partial charge in [0.25, 0.3) is 0 Å². The number of aliphatic imine (C=N–C) groups is 1. The zero-order chi connectivity index (χ0) is 18.4. The Hall–Kier alpha value is -0.940. The molecular formula is C19H28IN3O3S. The third kappa shape index (κ3) is 5.77. The van der Waals surface area contributed by atoms with Crippen LogP contribution in [0.5, 0.6) is 0 Å². The molecular weight excluding hydrogens is 477 g/mol. The molecule has 2 aromatic rings. The van der Waals surface area contributed by atoms with E-state index < -0.39 is 6.10 Å². The van der Waals surface area contributed by atoms with E-state index in [1.54, 1.807) is 25.5 Å². The summed E-state index contributed by atoms with van der Waals surface area (Å²) in [4.78, 5) is 5.20. The maximum Gasteiger partial charge on any atom is 0.191 e. The third-order valence-electron chi connectivity index (χ3n) is 4.87. The Kier molecular flexibility index (Phi) is 8.74. The summed E-state index contributed by atoms with van der Waals surface area (Å²) in [6.45, 7) is 2.49. The van der Waals surface area contributed by atoms with Crippen LogP contribution in [0.15, 0.2) is 35.3 Å². The molecule has 8 heteroatoms. The summed E-state index contributed by atoms with van der Waals surface area (Å²) in [5, 5.41) is 18.2. The number of hydrogen-bond acceptors (Lipinski definition) is 5. The predicted molar refractivity (Wildman–Crippen MR) is 121 cm³/mol. The Morgan fingerprint density at radius 1 is 1.33 bits per heavy atom. The van der Waals surface area contributed by atoms with Crippen LogP contribution >= 0.6 is 35.3 Å². The molecule has 0 saturated carbocycles. The van der Waals surface area contributed by atoms with Crippen molar-refractivity contribution in [3.05, 3.63) is 35.2 Å². The van der Waals surface area contributed by atoms with Crippen LogP contribution in [-0.4, -0.2) is 57.1 Å². The number of nitrogens with zero attached hydrogens (tertiary/aromatic N) is 1. The molecule has 1 aliphatic heterocycles. The summed E-state index contributed by atoms with van der Waals surface area (Å²) in [5.74, 6) is 0.660. The maximum absolute atomic E-state index is 10.5. The topological polar surface area (TPSA) is 75.1 Å². The Labute approximate surface area is 181 Å². The van der Waals surface area contributed by atoms with Crippen LogP contribution < -0.4 is 10.6 Å². The second-order valence-corrected chi connectivity index (χ2v) is 7.62. The van der Waals surface area contributed by atoms with E-state index in [1.165, 1.54) is 4.70 Å². The molecule has 1 unspecified atom stereocenters. The summed E-state index contributed by atoms with van der Waals surface area (Å²) in [6.07, 6.45) is 1.14. The Balaban J connectivity index is 0.00000261. The van der Waals surface area contributed by atoms with Gasteiger partial charge in [0, 0.05) is 62.9 Å². The van der Waals surface area contributed by atoms with Crippen LogP contribution in [0, 0.1) is 0 Å². The number of guanidine groups is 1. The number of thiophene rings is 1. The molecule has 0 aliphatic carbocycles. The van der Waals surface area contributed by atoms with Crippen LogP contribution in [0.3, 0.4) is 0 Å². The average molecular weight is 505 g/mol. The van der Waals surface area contributed by atoms with Gasteiger partial charge in [-0.3, -0.25) is 4.99 Å². The minimum absolute atomic E-state index is 0. The number of nitrogens with one attached hydrogen (secondary N) is 2. The first-order chi connectivity index (χ1) is 12.7.